The molecule has 2 fully saturated rings. The van der Waals surface area contributed by atoms with E-state index in [9.17, 15) is 4.79 Å². The first-order valence-electron chi connectivity index (χ1n) is 8.90. The van der Waals surface area contributed by atoms with Gasteiger partial charge in [0.15, 0.2) is 0 Å². The Hall–Kier alpha value is -0.610. The van der Waals surface area contributed by atoms with Gasteiger partial charge in [0.2, 0.25) is 5.91 Å². The van der Waals surface area contributed by atoms with Gasteiger partial charge in [0.05, 0.1) is 5.41 Å². The van der Waals surface area contributed by atoms with E-state index < -0.39 is 0 Å². The van der Waals surface area contributed by atoms with E-state index in [4.69, 9.17) is 5.73 Å². The van der Waals surface area contributed by atoms with Gasteiger partial charge in [-0.05, 0) is 38.6 Å². The molecule has 0 aliphatic carbocycles. The topological polar surface area (TPSA) is 49.6 Å². The molecule has 2 aliphatic rings. The number of carbonyl (C=O) groups is 1. The molecule has 2 aliphatic heterocycles. The van der Waals surface area contributed by atoms with Gasteiger partial charge in [-0.2, -0.15) is 0 Å². The summed E-state index contributed by atoms with van der Waals surface area (Å²) in [6, 6.07) is 0.593. The van der Waals surface area contributed by atoms with Crippen LogP contribution in [0.1, 0.15) is 58.8 Å². The van der Waals surface area contributed by atoms with Crippen molar-refractivity contribution in [3.05, 3.63) is 0 Å². The quantitative estimate of drug-likeness (QED) is 0.817. The van der Waals surface area contributed by atoms with Crippen molar-refractivity contribution in [3.8, 4) is 0 Å². The molecular weight excluding hydrogens is 262 g/mol. The van der Waals surface area contributed by atoms with Gasteiger partial charge in [-0.3, -0.25) is 9.69 Å². The fourth-order valence-electron chi connectivity index (χ4n) is 4.31. The van der Waals surface area contributed by atoms with Crippen molar-refractivity contribution in [2.45, 2.75) is 64.8 Å². The first-order valence-corrected chi connectivity index (χ1v) is 8.90. The molecule has 1 amide bonds. The molecule has 4 nitrogen and oxygen atoms in total. The monoisotopic (exact) mass is 295 g/mol. The Morgan fingerprint density at radius 1 is 1.14 bits per heavy atom. The van der Waals surface area contributed by atoms with Crippen LogP contribution in [0.5, 0.6) is 0 Å². The lowest BCUT2D eigenvalue weighted by Gasteiger charge is -2.37. The van der Waals surface area contributed by atoms with Crippen LogP contribution in [0.25, 0.3) is 0 Å². The molecule has 21 heavy (non-hydrogen) atoms. The molecule has 2 saturated heterocycles. The molecule has 0 bridgehead atoms. The van der Waals surface area contributed by atoms with E-state index in [0.717, 1.165) is 51.7 Å². The van der Waals surface area contributed by atoms with E-state index >= 15 is 0 Å². The summed E-state index contributed by atoms with van der Waals surface area (Å²) in [4.78, 5) is 17.9. The lowest BCUT2D eigenvalue weighted by atomic mass is 9.77. The summed E-state index contributed by atoms with van der Waals surface area (Å²) in [6.45, 7) is 9.04. The molecule has 0 spiro atoms. The number of nitrogens with zero attached hydrogens (tertiary/aromatic N) is 2. The zero-order valence-electron chi connectivity index (χ0n) is 13.9. The van der Waals surface area contributed by atoms with Crippen molar-refractivity contribution >= 4 is 5.91 Å². The Balaban J connectivity index is 2.11. The summed E-state index contributed by atoms with van der Waals surface area (Å²) in [5.74, 6) is 0.336. The van der Waals surface area contributed by atoms with Crippen LogP contribution in [-0.4, -0.2) is 54.5 Å². The minimum atomic E-state index is -0.308. The molecule has 4 heteroatoms. The molecule has 122 valence electrons. The number of hydrogen-bond donors (Lipinski definition) is 1. The van der Waals surface area contributed by atoms with Crippen LogP contribution in [0, 0.1) is 5.41 Å². The first-order chi connectivity index (χ1) is 10.2. The second kappa shape index (κ2) is 7.59. The lowest BCUT2D eigenvalue weighted by molar-refractivity contribution is -0.143. The van der Waals surface area contributed by atoms with Gasteiger partial charge in [-0.15, -0.1) is 0 Å². The molecular formula is C17H33N3O. The number of hydrogen-bond acceptors (Lipinski definition) is 3. The van der Waals surface area contributed by atoms with E-state index in [0.29, 0.717) is 18.5 Å². The second-order valence-electron chi connectivity index (χ2n) is 6.92. The molecule has 1 atom stereocenters. The van der Waals surface area contributed by atoms with E-state index in [-0.39, 0.29) is 5.41 Å². The van der Waals surface area contributed by atoms with Crippen LogP contribution < -0.4 is 5.73 Å². The highest BCUT2D eigenvalue weighted by Crippen LogP contribution is 2.33. The van der Waals surface area contributed by atoms with Crippen LogP contribution in [0.4, 0.5) is 0 Å². The smallest absolute Gasteiger partial charge is 0.230 e. The number of fused-ring (bicyclic) bond motifs is 1. The van der Waals surface area contributed by atoms with Gasteiger partial charge in [0, 0.05) is 32.2 Å². The summed E-state index contributed by atoms with van der Waals surface area (Å²) in [5.41, 5.74) is 5.77. The van der Waals surface area contributed by atoms with Gasteiger partial charge in [0.25, 0.3) is 0 Å². The maximum atomic E-state index is 13.2. The Bertz CT molecular complexity index is 339. The fourth-order valence-corrected chi connectivity index (χ4v) is 4.31. The first kappa shape index (κ1) is 16.8. The van der Waals surface area contributed by atoms with E-state index in [1.807, 2.05) is 0 Å². The molecule has 2 N–H and O–H groups in total. The Kier molecular flexibility index (Phi) is 6.06. The summed E-state index contributed by atoms with van der Waals surface area (Å²) in [5, 5.41) is 0. The Morgan fingerprint density at radius 2 is 1.81 bits per heavy atom. The molecule has 0 radical (unpaired) electrons. The third-order valence-corrected chi connectivity index (χ3v) is 5.39. The molecule has 0 saturated carbocycles. The van der Waals surface area contributed by atoms with Gasteiger partial charge < -0.3 is 10.6 Å². The maximum Gasteiger partial charge on any atom is 0.230 e. The molecule has 2 rings (SSSR count). The Morgan fingerprint density at radius 3 is 2.43 bits per heavy atom. The van der Waals surface area contributed by atoms with Crippen LogP contribution in [0.15, 0.2) is 0 Å². The normalized spacial score (nSPS) is 24.0. The predicted molar refractivity (Wildman–Crippen MR) is 87.1 cm³/mol. The van der Waals surface area contributed by atoms with Crippen molar-refractivity contribution in [2.24, 2.45) is 11.1 Å². The minimum Gasteiger partial charge on any atom is -0.341 e. The second-order valence-corrected chi connectivity index (χ2v) is 6.92. The number of nitrogens with two attached hydrogens (primary N) is 1. The average Bonchev–Trinajstić information content (AvgIpc) is 2.83. The van der Waals surface area contributed by atoms with E-state index in [1.165, 1.54) is 19.4 Å². The van der Waals surface area contributed by atoms with Crippen molar-refractivity contribution < 1.29 is 4.79 Å². The van der Waals surface area contributed by atoms with Crippen LogP contribution >= 0.6 is 0 Å². The third-order valence-electron chi connectivity index (χ3n) is 5.39. The van der Waals surface area contributed by atoms with Gasteiger partial charge in [0.1, 0.15) is 0 Å². The maximum absolute atomic E-state index is 13.2. The molecule has 0 aromatic carbocycles. The number of rotatable bonds is 6. The van der Waals surface area contributed by atoms with E-state index in [1.54, 1.807) is 0 Å². The van der Waals surface area contributed by atoms with Gasteiger partial charge in [-0.1, -0.05) is 26.7 Å². The molecule has 0 aromatic rings. The van der Waals surface area contributed by atoms with Crippen LogP contribution in [0.3, 0.4) is 0 Å². The highest BCUT2D eigenvalue weighted by Gasteiger charge is 2.40. The van der Waals surface area contributed by atoms with Crippen molar-refractivity contribution in [1.29, 1.82) is 0 Å². The van der Waals surface area contributed by atoms with Gasteiger partial charge in [-0.25, -0.2) is 0 Å². The Labute approximate surface area is 130 Å². The van der Waals surface area contributed by atoms with Crippen LogP contribution in [-0.2, 0) is 4.79 Å². The van der Waals surface area contributed by atoms with Crippen LogP contribution in [0.2, 0.25) is 0 Å². The number of amides is 1. The average molecular weight is 295 g/mol. The lowest BCUT2D eigenvalue weighted by Crippen LogP contribution is -2.50. The van der Waals surface area contributed by atoms with Gasteiger partial charge >= 0.3 is 0 Å². The summed E-state index contributed by atoms with van der Waals surface area (Å²) < 4.78 is 0. The molecule has 2 heterocycles. The molecule has 0 aromatic heterocycles. The SMILES string of the molecule is CCCC(CN)(CCC)C(=O)N1CCCN2CCCC2C1. The largest absolute Gasteiger partial charge is 0.341 e. The standard InChI is InChI=1S/C17H33N3O/c1-3-8-17(14-18,9-4-2)16(21)20-12-6-11-19-10-5-7-15(19)13-20/h15H,3-14,18H2,1-2H3. The fraction of sp³-hybridized carbons (Fsp3) is 0.941. The summed E-state index contributed by atoms with van der Waals surface area (Å²) >= 11 is 0. The third kappa shape index (κ3) is 3.59. The van der Waals surface area contributed by atoms with E-state index in [2.05, 4.69) is 23.6 Å². The highest BCUT2D eigenvalue weighted by atomic mass is 16.2. The zero-order valence-corrected chi connectivity index (χ0v) is 13.9. The van der Waals surface area contributed by atoms with Crippen molar-refractivity contribution in [3.63, 3.8) is 0 Å². The molecule has 1 unspecified atom stereocenters. The highest BCUT2D eigenvalue weighted by molar-refractivity contribution is 5.83. The zero-order chi connectivity index (χ0) is 15.3. The summed E-state index contributed by atoms with van der Waals surface area (Å²) in [7, 11) is 0. The minimum absolute atomic E-state index is 0.308. The van der Waals surface area contributed by atoms with Crippen molar-refractivity contribution in [2.75, 3.05) is 32.7 Å². The predicted octanol–water partition coefficient (Wildman–Crippen LogP) is 2.23. The number of carbonyl (C=O) groups excluding carboxylic acids is 1. The summed E-state index contributed by atoms with van der Waals surface area (Å²) in [6.07, 6.45) is 7.58. The van der Waals surface area contributed by atoms with Crippen molar-refractivity contribution in [1.82, 2.24) is 9.80 Å².